The van der Waals surface area contributed by atoms with Crippen molar-refractivity contribution in [2.45, 2.75) is 62.7 Å². The summed E-state index contributed by atoms with van der Waals surface area (Å²) in [4.78, 5) is 4.47. The first-order valence-corrected chi connectivity index (χ1v) is 7.27. The molecular weight excluding hydrogens is 224 g/mol. The molecule has 0 heterocycles. The Hall–Kier alpha value is -0.160. The fraction of sp³-hybridized carbons (Fsp3) is 1.00. The first kappa shape index (κ1) is 15.9. The van der Waals surface area contributed by atoms with E-state index >= 15 is 0 Å². The zero-order valence-corrected chi connectivity index (χ0v) is 12.6. The first-order valence-electron chi connectivity index (χ1n) is 7.27. The molecule has 108 valence electrons. The topological polar surface area (TPSA) is 58.5 Å². The van der Waals surface area contributed by atoms with E-state index in [0.29, 0.717) is 24.2 Å². The largest absolute Gasteiger partial charge is 0.326 e. The fourth-order valence-electron chi connectivity index (χ4n) is 3.22. The fourth-order valence-corrected chi connectivity index (χ4v) is 3.22. The van der Waals surface area contributed by atoms with E-state index in [2.05, 4.69) is 38.0 Å². The molecule has 0 aromatic rings. The van der Waals surface area contributed by atoms with Crippen LogP contribution in [0.15, 0.2) is 0 Å². The minimum atomic E-state index is 0.431. The van der Waals surface area contributed by atoms with Crippen molar-refractivity contribution in [2.24, 2.45) is 11.5 Å². The maximum Gasteiger partial charge on any atom is 0.0241 e. The van der Waals surface area contributed by atoms with Crippen molar-refractivity contribution >= 4 is 0 Å². The molecule has 2 fully saturated rings. The molecule has 0 saturated heterocycles. The summed E-state index contributed by atoms with van der Waals surface area (Å²) < 4.78 is 0. The third-order valence-electron chi connectivity index (χ3n) is 4.39. The third-order valence-corrected chi connectivity index (χ3v) is 4.39. The summed E-state index contributed by atoms with van der Waals surface area (Å²) in [6, 6.07) is 2.15. The number of nitrogens with two attached hydrogens (primary N) is 2. The van der Waals surface area contributed by atoms with E-state index in [9.17, 15) is 0 Å². The molecule has 0 amide bonds. The molecular formula is C14H32N4. The highest BCUT2D eigenvalue weighted by Gasteiger charge is 2.25. The molecule has 0 bridgehead atoms. The second-order valence-electron chi connectivity index (χ2n) is 6.25. The zero-order valence-electron chi connectivity index (χ0n) is 12.6. The van der Waals surface area contributed by atoms with Crippen molar-refractivity contribution < 1.29 is 0 Å². The van der Waals surface area contributed by atoms with E-state index in [4.69, 9.17) is 11.5 Å². The molecule has 2 rings (SSSR count). The lowest BCUT2D eigenvalue weighted by atomic mass is 10.2. The van der Waals surface area contributed by atoms with E-state index in [1.807, 2.05) is 0 Å². The molecule has 0 aromatic carbocycles. The summed E-state index contributed by atoms with van der Waals surface area (Å²) in [6.07, 6.45) is 7.61. The highest BCUT2D eigenvalue weighted by molar-refractivity contribution is 4.85. The van der Waals surface area contributed by atoms with Crippen LogP contribution in [0.3, 0.4) is 0 Å². The number of hydrogen-bond donors (Lipinski definition) is 2. The Kier molecular flexibility index (Phi) is 6.57. The molecule has 4 nitrogen and oxygen atoms in total. The second kappa shape index (κ2) is 7.43. The maximum atomic E-state index is 5.84. The smallest absolute Gasteiger partial charge is 0.0241 e. The first-order chi connectivity index (χ1) is 8.43. The van der Waals surface area contributed by atoms with Gasteiger partial charge in [0.25, 0.3) is 0 Å². The molecule has 4 heteroatoms. The average Bonchev–Trinajstić information content (AvgIpc) is 2.87. The predicted molar refractivity (Wildman–Crippen MR) is 78.6 cm³/mol. The Morgan fingerprint density at radius 1 is 0.667 bits per heavy atom. The Morgan fingerprint density at radius 2 is 1.00 bits per heavy atom. The van der Waals surface area contributed by atoms with Crippen molar-refractivity contribution in [1.82, 2.24) is 9.80 Å². The number of hydrogen-bond acceptors (Lipinski definition) is 4. The lowest BCUT2D eigenvalue weighted by Gasteiger charge is -2.22. The van der Waals surface area contributed by atoms with E-state index in [1.54, 1.807) is 0 Å². The molecule has 4 atom stereocenters. The van der Waals surface area contributed by atoms with Gasteiger partial charge in [0.15, 0.2) is 0 Å². The summed E-state index contributed by atoms with van der Waals surface area (Å²) in [7, 11) is 8.43. The normalized spacial score (nSPS) is 36.0. The minimum Gasteiger partial charge on any atom is -0.326 e. The maximum absolute atomic E-state index is 5.84. The number of rotatable bonds is 2. The van der Waals surface area contributed by atoms with Crippen LogP contribution in [0.4, 0.5) is 0 Å². The monoisotopic (exact) mass is 256 g/mol. The van der Waals surface area contributed by atoms with Gasteiger partial charge in [-0.25, -0.2) is 0 Å². The van der Waals surface area contributed by atoms with Crippen LogP contribution in [0.25, 0.3) is 0 Å². The van der Waals surface area contributed by atoms with Crippen molar-refractivity contribution in [3.05, 3.63) is 0 Å². The number of likely N-dealkylation sites (N-methyl/N-ethyl adjacent to an activating group) is 2. The minimum absolute atomic E-state index is 0.431. The highest BCUT2D eigenvalue weighted by Crippen LogP contribution is 2.20. The van der Waals surface area contributed by atoms with Gasteiger partial charge < -0.3 is 21.3 Å². The number of nitrogens with zero attached hydrogens (tertiary/aromatic N) is 2. The van der Waals surface area contributed by atoms with Gasteiger partial charge in [-0.3, -0.25) is 0 Å². The molecule has 0 radical (unpaired) electrons. The Bertz CT molecular complexity index is 206. The molecule has 0 aromatic heterocycles. The molecule has 2 saturated carbocycles. The SMILES string of the molecule is CN(C)[C@@H]1CCC[C@H]1N.CN(C)[C@H]1CCC[C@@H]1N. The summed E-state index contributed by atoms with van der Waals surface area (Å²) in [5.41, 5.74) is 11.7. The van der Waals surface area contributed by atoms with Crippen LogP contribution in [0.2, 0.25) is 0 Å². The summed E-state index contributed by atoms with van der Waals surface area (Å²) in [6.45, 7) is 0. The van der Waals surface area contributed by atoms with E-state index in [1.165, 1.54) is 38.5 Å². The molecule has 0 spiro atoms. The van der Waals surface area contributed by atoms with Crippen molar-refractivity contribution in [3.8, 4) is 0 Å². The quantitative estimate of drug-likeness (QED) is 0.769. The Labute approximate surface area is 113 Å². The van der Waals surface area contributed by atoms with Gasteiger partial charge in [-0.15, -0.1) is 0 Å². The Morgan fingerprint density at radius 3 is 1.11 bits per heavy atom. The third kappa shape index (κ3) is 4.50. The van der Waals surface area contributed by atoms with Crippen LogP contribution in [0.1, 0.15) is 38.5 Å². The summed E-state index contributed by atoms with van der Waals surface area (Å²) >= 11 is 0. The molecule has 2 aliphatic rings. The van der Waals surface area contributed by atoms with E-state index in [-0.39, 0.29) is 0 Å². The van der Waals surface area contributed by atoms with Crippen LogP contribution >= 0.6 is 0 Å². The van der Waals surface area contributed by atoms with E-state index < -0.39 is 0 Å². The molecule has 18 heavy (non-hydrogen) atoms. The van der Waals surface area contributed by atoms with Crippen molar-refractivity contribution in [3.63, 3.8) is 0 Å². The zero-order chi connectivity index (χ0) is 13.7. The lowest BCUT2D eigenvalue weighted by Crippen LogP contribution is -2.39. The predicted octanol–water partition coefficient (Wildman–Crippen LogP) is 0.856. The van der Waals surface area contributed by atoms with Crippen molar-refractivity contribution in [2.75, 3.05) is 28.2 Å². The van der Waals surface area contributed by atoms with Crippen LogP contribution in [0.5, 0.6) is 0 Å². The lowest BCUT2D eigenvalue weighted by molar-refractivity contribution is 0.277. The van der Waals surface area contributed by atoms with E-state index in [0.717, 1.165) is 0 Å². The molecule has 2 aliphatic carbocycles. The average molecular weight is 256 g/mol. The Balaban J connectivity index is 0.000000180. The van der Waals surface area contributed by atoms with Gasteiger partial charge in [0.05, 0.1) is 0 Å². The standard InChI is InChI=1S/2C7H16N2/c2*1-9(2)7-5-3-4-6(7)8/h2*6-7H,3-5,8H2,1-2H3/t2*6-,7-/m10/s1. The summed E-state index contributed by atoms with van der Waals surface area (Å²) in [5, 5.41) is 0. The van der Waals surface area contributed by atoms with Gasteiger partial charge in [-0.05, 0) is 53.9 Å². The van der Waals surface area contributed by atoms with Crippen LogP contribution < -0.4 is 11.5 Å². The molecule has 0 aliphatic heterocycles. The van der Waals surface area contributed by atoms with Gasteiger partial charge >= 0.3 is 0 Å². The van der Waals surface area contributed by atoms with Gasteiger partial charge in [0.1, 0.15) is 0 Å². The van der Waals surface area contributed by atoms with Crippen molar-refractivity contribution in [1.29, 1.82) is 0 Å². The van der Waals surface area contributed by atoms with Gasteiger partial charge in [-0.2, -0.15) is 0 Å². The van der Waals surface area contributed by atoms with Gasteiger partial charge in [0, 0.05) is 24.2 Å². The van der Waals surface area contributed by atoms with Gasteiger partial charge in [-0.1, -0.05) is 12.8 Å². The highest BCUT2D eigenvalue weighted by atomic mass is 15.1. The summed E-state index contributed by atoms with van der Waals surface area (Å²) in [5.74, 6) is 0. The van der Waals surface area contributed by atoms with Gasteiger partial charge in [0.2, 0.25) is 0 Å². The molecule has 4 N–H and O–H groups in total. The van der Waals surface area contributed by atoms with Crippen LogP contribution in [0, 0.1) is 0 Å². The van der Waals surface area contributed by atoms with Crippen LogP contribution in [-0.4, -0.2) is 62.2 Å². The second-order valence-corrected chi connectivity index (χ2v) is 6.25. The van der Waals surface area contributed by atoms with Crippen LogP contribution in [-0.2, 0) is 0 Å². The molecule has 0 unspecified atom stereocenters.